The van der Waals surface area contributed by atoms with Crippen LogP contribution in [0.2, 0.25) is 0 Å². The van der Waals surface area contributed by atoms with Gasteiger partial charge in [0.25, 0.3) is 0 Å². The Labute approximate surface area is 374 Å². The predicted octanol–water partition coefficient (Wildman–Crippen LogP) is 11.6. The molecule has 0 aliphatic carbocycles. The summed E-state index contributed by atoms with van der Waals surface area (Å²) >= 11 is 0. The van der Waals surface area contributed by atoms with Crippen molar-refractivity contribution in [2.45, 2.75) is 13.8 Å². The summed E-state index contributed by atoms with van der Waals surface area (Å²) in [6.45, 7) is 4.35. The molecular weight excluding hydrogens is 793 g/mol. The fourth-order valence-corrected chi connectivity index (χ4v) is 14.3. The maximum Gasteiger partial charge on any atom is 0.179 e. The minimum absolute atomic E-state index is 0.620. The molecule has 0 aliphatic rings. The Kier molecular flexibility index (Phi) is 9.95. The SMILES string of the molecule is Cc1ccc2c(c1)c1cc(C)ccc1n2-c1ccc(-c2nc(-c3ccccc3)nc(-c3ccccc3)n2)cc1-c1ccc([Si](c2ccccc2)(c2ccccc2)c2ccccc2)cc1. The second kappa shape index (κ2) is 16.4. The summed E-state index contributed by atoms with van der Waals surface area (Å²) in [6.07, 6.45) is 0. The van der Waals surface area contributed by atoms with E-state index in [9.17, 15) is 0 Å². The van der Waals surface area contributed by atoms with E-state index in [0.29, 0.717) is 17.5 Å². The van der Waals surface area contributed by atoms with Crippen LogP contribution in [-0.2, 0) is 0 Å². The highest BCUT2D eigenvalue weighted by Crippen LogP contribution is 2.39. The zero-order chi connectivity index (χ0) is 43.0. The number of rotatable bonds is 9. The van der Waals surface area contributed by atoms with Gasteiger partial charge in [0.05, 0.1) is 16.7 Å². The second-order valence-electron chi connectivity index (χ2n) is 16.6. The molecule has 0 unspecified atom stereocenters. The van der Waals surface area contributed by atoms with E-state index in [1.165, 1.54) is 53.7 Å². The number of hydrogen-bond donors (Lipinski definition) is 0. The molecule has 11 rings (SSSR count). The van der Waals surface area contributed by atoms with Crippen molar-refractivity contribution in [3.63, 3.8) is 0 Å². The maximum absolute atomic E-state index is 5.17. The summed E-state index contributed by atoms with van der Waals surface area (Å²) in [7, 11) is -2.75. The van der Waals surface area contributed by atoms with Crippen LogP contribution in [0.3, 0.4) is 0 Å². The monoisotopic (exact) mass is 836 g/mol. The summed E-state index contributed by atoms with van der Waals surface area (Å²) < 4.78 is 2.44. The molecule has 4 nitrogen and oxygen atoms in total. The van der Waals surface area contributed by atoms with Crippen molar-refractivity contribution >= 4 is 50.6 Å². The Morgan fingerprint density at radius 3 is 1.14 bits per heavy atom. The molecule has 0 saturated heterocycles. The fourth-order valence-electron chi connectivity index (χ4n) is 9.51. The molecule has 0 atom stereocenters. The number of nitrogens with zero attached hydrogens (tertiary/aromatic N) is 4. The van der Waals surface area contributed by atoms with Crippen LogP contribution in [0.15, 0.2) is 231 Å². The molecular formula is C59H44N4Si. The lowest BCUT2D eigenvalue weighted by molar-refractivity contribution is 1.07. The molecule has 0 amide bonds. The molecule has 0 aliphatic heterocycles. The van der Waals surface area contributed by atoms with Crippen molar-refractivity contribution in [3.8, 4) is 51.0 Å². The van der Waals surface area contributed by atoms with E-state index in [1.54, 1.807) is 0 Å². The molecule has 0 N–H and O–H groups in total. The molecule has 0 spiro atoms. The quantitative estimate of drug-likeness (QED) is 0.107. The molecule has 11 aromatic rings. The fraction of sp³-hybridized carbons (Fsp3) is 0.0339. The number of aromatic nitrogens is 4. The van der Waals surface area contributed by atoms with Gasteiger partial charge in [0, 0.05) is 33.0 Å². The molecule has 64 heavy (non-hydrogen) atoms. The zero-order valence-electron chi connectivity index (χ0n) is 35.7. The maximum atomic E-state index is 5.17. The summed E-state index contributed by atoms with van der Waals surface area (Å²) in [5.74, 6) is 1.89. The van der Waals surface area contributed by atoms with Crippen LogP contribution in [0, 0.1) is 13.8 Å². The first-order chi connectivity index (χ1) is 31.5. The first kappa shape index (κ1) is 38.9. The van der Waals surface area contributed by atoms with E-state index in [2.05, 4.69) is 213 Å². The summed E-state index contributed by atoms with van der Waals surface area (Å²) in [4.78, 5) is 15.3. The molecule has 0 bridgehead atoms. The molecule has 0 radical (unpaired) electrons. The third-order valence-electron chi connectivity index (χ3n) is 12.5. The third kappa shape index (κ3) is 6.83. The summed E-state index contributed by atoms with van der Waals surface area (Å²) in [5.41, 5.74) is 10.9. The number of benzene rings is 9. The highest BCUT2D eigenvalue weighted by atomic mass is 28.3. The Balaban J connectivity index is 1.16. The first-order valence-electron chi connectivity index (χ1n) is 21.9. The zero-order valence-corrected chi connectivity index (χ0v) is 36.7. The molecule has 9 aromatic carbocycles. The van der Waals surface area contributed by atoms with E-state index >= 15 is 0 Å². The molecule has 5 heteroatoms. The van der Waals surface area contributed by atoms with E-state index in [4.69, 9.17) is 15.0 Å². The van der Waals surface area contributed by atoms with Crippen LogP contribution < -0.4 is 20.7 Å². The third-order valence-corrected chi connectivity index (χ3v) is 17.3. The molecule has 2 aromatic heterocycles. The van der Waals surface area contributed by atoms with Crippen LogP contribution in [0.25, 0.3) is 72.8 Å². The van der Waals surface area contributed by atoms with E-state index in [-0.39, 0.29) is 0 Å². The van der Waals surface area contributed by atoms with Crippen molar-refractivity contribution in [1.82, 2.24) is 19.5 Å². The van der Waals surface area contributed by atoms with Crippen LogP contribution in [0.1, 0.15) is 11.1 Å². The Morgan fingerprint density at radius 1 is 0.328 bits per heavy atom. The molecule has 0 saturated carbocycles. The van der Waals surface area contributed by atoms with Gasteiger partial charge in [-0.05, 0) is 82.6 Å². The van der Waals surface area contributed by atoms with Gasteiger partial charge in [-0.25, -0.2) is 15.0 Å². The summed E-state index contributed by atoms with van der Waals surface area (Å²) in [6, 6.07) is 83.4. The van der Waals surface area contributed by atoms with Crippen molar-refractivity contribution in [2.75, 3.05) is 0 Å². The van der Waals surface area contributed by atoms with Gasteiger partial charge in [0.2, 0.25) is 0 Å². The standard InChI is InChI=1S/C59H44N4Si/c1-41-28-35-55-52(38-41)53-39-42(2)29-36-56(53)63(55)54-37-32-46(59-61-57(44-18-8-3-9-19-44)60-58(62-59)45-20-10-4-11-21-45)40-51(54)43-30-33-50(34-31-43)64(47-22-12-5-13-23-47,48-24-14-6-15-25-48)49-26-16-7-17-27-49/h3-40H,1-2H3. The first-order valence-corrected chi connectivity index (χ1v) is 23.9. The molecule has 0 fully saturated rings. The molecule has 304 valence electrons. The lowest BCUT2D eigenvalue weighted by Gasteiger charge is -2.34. The topological polar surface area (TPSA) is 43.6 Å². The lowest BCUT2D eigenvalue weighted by Crippen LogP contribution is -2.74. The average Bonchev–Trinajstić information content (AvgIpc) is 3.67. The summed E-state index contributed by atoms with van der Waals surface area (Å²) in [5, 5.41) is 7.83. The van der Waals surface area contributed by atoms with Gasteiger partial charge in [-0.3, -0.25) is 0 Å². The van der Waals surface area contributed by atoms with Crippen LogP contribution in [0.4, 0.5) is 0 Å². The number of aryl methyl sites for hydroxylation is 2. The van der Waals surface area contributed by atoms with E-state index < -0.39 is 8.07 Å². The van der Waals surface area contributed by atoms with Crippen molar-refractivity contribution < 1.29 is 0 Å². The largest absolute Gasteiger partial charge is 0.309 e. The van der Waals surface area contributed by atoms with Gasteiger partial charge in [-0.2, -0.15) is 0 Å². The van der Waals surface area contributed by atoms with Gasteiger partial charge < -0.3 is 4.57 Å². The van der Waals surface area contributed by atoms with Gasteiger partial charge >= 0.3 is 0 Å². The van der Waals surface area contributed by atoms with Crippen LogP contribution in [-0.4, -0.2) is 27.6 Å². The van der Waals surface area contributed by atoms with E-state index in [0.717, 1.165) is 33.5 Å². The van der Waals surface area contributed by atoms with Gasteiger partial charge in [-0.1, -0.05) is 199 Å². The van der Waals surface area contributed by atoms with Gasteiger partial charge in [0.15, 0.2) is 25.5 Å². The van der Waals surface area contributed by atoms with Crippen LogP contribution >= 0.6 is 0 Å². The van der Waals surface area contributed by atoms with Crippen molar-refractivity contribution in [1.29, 1.82) is 0 Å². The minimum atomic E-state index is -2.75. The average molecular weight is 837 g/mol. The number of hydrogen-bond acceptors (Lipinski definition) is 3. The van der Waals surface area contributed by atoms with E-state index in [1.807, 2.05) is 36.4 Å². The Hall–Kier alpha value is -7.99. The predicted molar refractivity (Wildman–Crippen MR) is 269 cm³/mol. The second-order valence-corrected chi connectivity index (χ2v) is 20.4. The Morgan fingerprint density at radius 2 is 0.703 bits per heavy atom. The number of fused-ring (bicyclic) bond motifs is 3. The van der Waals surface area contributed by atoms with Crippen molar-refractivity contribution in [2.24, 2.45) is 0 Å². The Bertz CT molecular complexity index is 3210. The van der Waals surface area contributed by atoms with Gasteiger partial charge in [0.1, 0.15) is 0 Å². The smallest absolute Gasteiger partial charge is 0.179 e. The highest BCUT2D eigenvalue weighted by molar-refractivity contribution is 7.19. The lowest BCUT2D eigenvalue weighted by atomic mass is 10.00. The van der Waals surface area contributed by atoms with Gasteiger partial charge in [-0.15, -0.1) is 0 Å². The van der Waals surface area contributed by atoms with Crippen LogP contribution in [0.5, 0.6) is 0 Å². The minimum Gasteiger partial charge on any atom is -0.309 e. The van der Waals surface area contributed by atoms with Crippen molar-refractivity contribution in [3.05, 3.63) is 242 Å². The molecule has 2 heterocycles. The highest BCUT2D eigenvalue weighted by Gasteiger charge is 2.41. The normalized spacial score (nSPS) is 11.6.